The third-order valence-corrected chi connectivity index (χ3v) is 6.92. The van der Waals surface area contributed by atoms with Crippen LogP contribution in [0.3, 0.4) is 0 Å². The van der Waals surface area contributed by atoms with Crippen LogP contribution in [0.15, 0.2) is 53.3 Å². The van der Waals surface area contributed by atoms with E-state index in [1.165, 1.54) is 0 Å². The first-order valence-electron chi connectivity index (χ1n) is 13.6. The fourth-order valence-electron chi connectivity index (χ4n) is 4.60. The highest BCUT2D eigenvalue weighted by Crippen LogP contribution is 2.23. The number of fused-ring (bicyclic) bond motifs is 1. The van der Waals surface area contributed by atoms with Crippen LogP contribution >= 0.6 is 0 Å². The van der Waals surface area contributed by atoms with Crippen molar-refractivity contribution in [3.63, 3.8) is 0 Å². The topological polar surface area (TPSA) is 120 Å². The summed E-state index contributed by atoms with van der Waals surface area (Å²) < 4.78 is 6.10. The fourth-order valence-corrected chi connectivity index (χ4v) is 4.60. The van der Waals surface area contributed by atoms with E-state index in [1.54, 1.807) is 11.0 Å². The number of hydrogen-bond acceptors (Lipinski definition) is 7. The molecule has 0 radical (unpaired) electrons. The van der Waals surface area contributed by atoms with Gasteiger partial charge in [0.05, 0.1) is 36.8 Å². The highest BCUT2D eigenvalue weighted by Gasteiger charge is 2.26. The molecule has 1 aliphatic rings. The Morgan fingerprint density at radius 2 is 1.77 bits per heavy atom. The number of hydrogen-bond donors (Lipinski definition) is 4. The second-order valence-electron chi connectivity index (χ2n) is 12.1. The van der Waals surface area contributed by atoms with Crippen molar-refractivity contribution in [2.24, 2.45) is 10.8 Å². The standard InChI is InChI=1S/C30H41N5O4/c1-29(2,17-31-15-26(37)35-14-13-23(36)16-35)19-39-20-30(3,4)18-32-22-11-9-21(10-12-22)27-33-25-8-6-5-7-24(25)28(38)34-27/h5-12,23,31-32,36H,13-20H2,1-4H3,(H,33,34,38)/t23-/m1/s1. The molecule has 1 fully saturated rings. The Balaban J connectivity index is 1.20. The highest BCUT2D eigenvalue weighted by molar-refractivity contribution is 5.79. The number of likely N-dealkylation sites (tertiary alicyclic amines) is 1. The Kier molecular flexibility index (Phi) is 9.04. The molecular weight excluding hydrogens is 494 g/mol. The lowest BCUT2D eigenvalue weighted by Gasteiger charge is -2.30. The lowest BCUT2D eigenvalue weighted by molar-refractivity contribution is -0.129. The van der Waals surface area contributed by atoms with Crippen LogP contribution in [0, 0.1) is 10.8 Å². The van der Waals surface area contributed by atoms with E-state index in [-0.39, 0.29) is 28.8 Å². The number of aromatic amines is 1. The third kappa shape index (κ3) is 8.11. The number of carbonyl (C=O) groups is 1. The van der Waals surface area contributed by atoms with Gasteiger partial charge in [0.2, 0.25) is 5.91 Å². The quantitative estimate of drug-likeness (QED) is 0.281. The van der Waals surface area contributed by atoms with Crippen molar-refractivity contribution in [2.75, 3.05) is 51.3 Å². The van der Waals surface area contributed by atoms with Crippen molar-refractivity contribution in [3.8, 4) is 11.4 Å². The first-order valence-corrected chi connectivity index (χ1v) is 13.6. The molecule has 0 aliphatic carbocycles. The van der Waals surface area contributed by atoms with Crippen molar-refractivity contribution in [3.05, 3.63) is 58.9 Å². The highest BCUT2D eigenvalue weighted by atomic mass is 16.5. The van der Waals surface area contributed by atoms with Crippen LogP contribution < -0.4 is 16.2 Å². The maximum Gasteiger partial charge on any atom is 0.259 e. The number of aromatic nitrogens is 2. The molecule has 1 saturated heterocycles. The van der Waals surface area contributed by atoms with Gasteiger partial charge in [0.15, 0.2) is 0 Å². The second-order valence-corrected chi connectivity index (χ2v) is 12.1. The van der Waals surface area contributed by atoms with Gasteiger partial charge in [-0.2, -0.15) is 0 Å². The molecular formula is C30H41N5O4. The summed E-state index contributed by atoms with van der Waals surface area (Å²) in [5.74, 6) is 0.584. The minimum atomic E-state index is -0.393. The van der Waals surface area contributed by atoms with Crippen LogP contribution in [-0.4, -0.2) is 77.9 Å². The second kappa shape index (κ2) is 12.3. The average molecular weight is 536 g/mol. The number of β-amino-alcohol motifs (C(OH)–C–C–N with tert-alkyl or cyclic N) is 1. The Bertz CT molecular complexity index is 1320. The average Bonchev–Trinajstić information content (AvgIpc) is 3.34. The van der Waals surface area contributed by atoms with E-state index in [9.17, 15) is 14.7 Å². The summed E-state index contributed by atoms with van der Waals surface area (Å²) in [6.45, 7) is 12.5. The molecule has 1 aromatic heterocycles. The number of amides is 1. The molecule has 210 valence electrons. The first-order chi connectivity index (χ1) is 18.5. The van der Waals surface area contributed by atoms with Crippen molar-refractivity contribution in [2.45, 2.75) is 40.2 Å². The minimum Gasteiger partial charge on any atom is -0.391 e. The van der Waals surface area contributed by atoms with E-state index >= 15 is 0 Å². The Labute approximate surface area is 230 Å². The zero-order valence-electron chi connectivity index (χ0n) is 23.4. The van der Waals surface area contributed by atoms with Gasteiger partial charge in [0, 0.05) is 48.3 Å². The molecule has 0 unspecified atom stereocenters. The number of para-hydroxylation sites is 1. The SMILES string of the molecule is CC(C)(CNCC(=O)N1CC[C@@H](O)C1)COCC(C)(C)CNc1ccc(-c2nc3ccccc3c(=O)[nH]2)cc1. The van der Waals surface area contributed by atoms with Gasteiger partial charge in [0.25, 0.3) is 5.56 Å². The zero-order chi connectivity index (χ0) is 28.0. The Hall–Kier alpha value is -3.27. The van der Waals surface area contributed by atoms with Gasteiger partial charge in [-0.25, -0.2) is 4.98 Å². The molecule has 39 heavy (non-hydrogen) atoms. The number of aliphatic hydroxyl groups excluding tert-OH is 1. The van der Waals surface area contributed by atoms with Crippen molar-refractivity contribution in [1.82, 2.24) is 20.2 Å². The number of rotatable bonds is 12. The van der Waals surface area contributed by atoms with E-state index in [1.807, 2.05) is 42.5 Å². The van der Waals surface area contributed by atoms with Crippen LogP contribution in [-0.2, 0) is 9.53 Å². The lowest BCUT2D eigenvalue weighted by Crippen LogP contribution is -2.41. The molecule has 2 aromatic carbocycles. The predicted molar refractivity (Wildman–Crippen MR) is 155 cm³/mol. The summed E-state index contributed by atoms with van der Waals surface area (Å²) in [4.78, 5) is 33.8. The smallest absolute Gasteiger partial charge is 0.259 e. The van der Waals surface area contributed by atoms with Crippen molar-refractivity contribution < 1.29 is 14.6 Å². The molecule has 1 amide bonds. The minimum absolute atomic E-state index is 0.0327. The number of nitrogens with zero attached hydrogens (tertiary/aromatic N) is 2. The number of carbonyl (C=O) groups excluding carboxylic acids is 1. The molecule has 3 aromatic rings. The number of anilines is 1. The summed E-state index contributed by atoms with van der Waals surface area (Å²) >= 11 is 0. The lowest BCUT2D eigenvalue weighted by atomic mass is 9.93. The van der Waals surface area contributed by atoms with E-state index in [0.29, 0.717) is 56.0 Å². The maximum atomic E-state index is 12.4. The van der Waals surface area contributed by atoms with Gasteiger partial charge in [-0.15, -0.1) is 0 Å². The van der Waals surface area contributed by atoms with Gasteiger partial charge in [-0.05, 0) is 42.8 Å². The number of nitrogens with one attached hydrogen (secondary N) is 3. The molecule has 4 N–H and O–H groups in total. The molecule has 1 atom stereocenters. The molecule has 4 rings (SSSR count). The van der Waals surface area contributed by atoms with Gasteiger partial charge in [0.1, 0.15) is 5.82 Å². The van der Waals surface area contributed by atoms with Crippen molar-refractivity contribution in [1.29, 1.82) is 0 Å². The van der Waals surface area contributed by atoms with Crippen LogP contribution in [0.5, 0.6) is 0 Å². The molecule has 0 bridgehead atoms. The summed E-state index contributed by atoms with van der Waals surface area (Å²) in [5.41, 5.74) is 2.14. The molecule has 0 saturated carbocycles. The summed E-state index contributed by atoms with van der Waals surface area (Å²) in [6, 6.07) is 15.2. The Morgan fingerprint density at radius 1 is 1.08 bits per heavy atom. The van der Waals surface area contributed by atoms with Crippen LogP contribution in [0.1, 0.15) is 34.1 Å². The van der Waals surface area contributed by atoms with E-state index < -0.39 is 6.10 Å². The van der Waals surface area contributed by atoms with Gasteiger partial charge >= 0.3 is 0 Å². The number of aliphatic hydroxyl groups is 1. The van der Waals surface area contributed by atoms with E-state index in [0.717, 1.165) is 17.8 Å². The van der Waals surface area contributed by atoms with Crippen molar-refractivity contribution >= 4 is 22.5 Å². The third-order valence-electron chi connectivity index (χ3n) is 6.92. The number of ether oxygens (including phenoxy) is 1. The molecule has 0 spiro atoms. The molecule has 1 aliphatic heterocycles. The van der Waals surface area contributed by atoms with Gasteiger partial charge < -0.3 is 30.4 Å². The summed E-state index contributed by atoms with van der Waals surface area (Å²) in [5, 5.41) is 16.9. The largest absolute Gasteiger partial charge is 0.391 e. The van der Waals surface area contributed by atoms with E-state index in [2.05, 4.69) is 48.3 Å². The number of benzene rings is 2. The maximum absolute atomic E-state index is 12.4. The van der Waals surface area contributed by atoms with Crippen LogP contribution in [0.2, 0.25) is 0 Å². The predicted octanol–water partition coefficient (Wildman–Crippen LogP) is 3.25. The first kappa shape index (κ1) is 28.7. The molecule has 9 nitrogen and oxygen atoms in total. The van der Waals surface area contributed by atoms with E-state index in [4.69, 9.17) is 4.74 Å². The normalized spacial score (nSPS) is 16.1. The van der Waals surface area contributed by atoms with Gasteiger partial charge in [-0.3, -0.25) is 9.59 Å². The monoisotopic (exact) mass is 535 g/mol. The molecule has 2 heterocycles. The van der Waals surface area contributed by atoms with Gasteiger partial charge in [-0.1, -0.05) is 39.8 Å². The fraction of sp³-hybridized carbons (Fsp3) is 0.500. The Morgan fingerprint density at radius 3 is 2.46 bits per heavy atom. The summed E-state index contributed by atoms with van der Waals surface area (Å²) in [7, 11) is 0. The van der Waals surface area contributed by atoms with Crippen LogP contribution in [0.25, 0.3) is 22.3 Å². The molecule has 9 heteroatoms. The zero-order valence-corrected chi connectivity index (χ0v) is 23.4. The number of H-pyrrole nitrogens is 1. The summed E-state index contributed by atoms with van der Waals surface area (Å²) in [6.07, 6.45) is 0.266. The van der Waals surface area contributed by atoms with Crippen LogP contribution in [0.4, 0.5) is 5.69 Å².